The first-order valence-electron chi connectivity index (χ1n) is 6.98. The van der Waals surface area contributed by atoms with Crippen molar-refractivity contribution < 1.29 is 0 Å². The predicted molar refractivity (Wildman–Crippen MR) is 96.9 cm³/mol. The highest BCUT2D eigenvalue weighted by Gasteiger charge is 2.24. The van der Waals surface area contributed by atoms with Crippen LogP contribution >= 0.6 is 63.7 Å². The van der Waals surface area contributed by atoms with Crippen LogP contribution < -0.4 is 0 Å². The highest BCUT2D eigenvalue weighted by Crippen LogP contribution is 2.33. The zero-order valence-electron chi connectivity index (χ0n) is 11.2. The first-order chi connectivity index (χ1) is 8.41. The number of hydrogen-bond donors (Lipinski definition) is 0. The van der Waals surface area contributed by atoms with Crippen LogP contribution in [0.3, 0.4) is 0 Å². The molecule has 0 nitrogen and oxygen atoms in total. The molecule has 1 fully saturated rings. The first kappa shape index (κ1) is 18.0. The molecule has 0 bridgehead atoms. The summed E-state index contributed by atoms with van der Waals surface area (Å²) < 4.78 is 0. The van der Waals surface area contributed by atoms with E-state index in [0.29, 0.717) is 19.3 Å². The fraction of sp³-hybridized carbons (Fsp3) is 1.00. The molecule has 0 heterocycles. The molecule has 18 heavy (non-hydrogen) atoms. The molecule has 4 heteroatoms. The lowest BCUT2D eigenvalue weighted by molar-refractivity contribution is 0.404. The third kappa shape index (κ3) is 6.13. The van der Waals surface area contributed by atoms with Crippen molar-refractivity contribution >= 4 is 63.7 Å². The second-order valence-corrected chi connectivity index (χ2v) is 10.5. The van der Waals surface area contributed by atoms with Crippen LogP contribution in [0.4, 0.5) is 0 Å². The van der Waals surface area contributed by atoms with E-state index in [2.05, 4.69) is 77.6 Å². The third-order valence-corrected chi connectivity index (χ3v) is 9.76. The maximum Gasteiger partial charge on any atom is 0.0271 e. The average molecular weight is 512 g/mol. The molecule has 1 saturated carbocycles. The Kier molecular flexibility index (Phi) is 9.03. The van der Waals surface area contributed by atoms with E-state index in [-0.39, 0.29) is 0 Å². The van der Waals surface area contributed by atoms with E-state index in [0.717, 1.165) is 11.8 Å². The molecule has 6 unspecified atom stereocenters. The standard InChI is InChI=1S/C14H24Br4/c1-9-3-5-11(15)10(2)4-6-13(17)14(18)8-7-12(9)16/h9-14H,3-8H2,1-2H3. The minimum absolute atomic E-state index is 0.602. The van der Waals surface area contributed by atoms with Gasteiger partial charge in [0.2, 0.25) is 0 Å². The van der Waals surface area contributed by atoms with Crippen molar-refractivity contribution in [2.24, 2.45) is 11.8 Å². The van der Waals surface area contributed by atoms with Gasteiger partial charge in [-0.15, -0.1) is 0 Å². The van der Waals surface area contributed by atoms with Crippen LogP contribution in [0.1, 0.15) is 52.4 Å². The Bertz CT molecular complexity index is 172. The molecular formula is C14H24Br4. The van der Waals surface area contributed by atoms with Crippen LogP contribution in [-0.2, 0) is 0 Å². The summed E-state index contributed by atoms with van der Waals surface area (Å²) >= 11 is 15.5. The Morgan fingerprint density at radius 1 is 0.500 bits per heavy atom. The molecular weight excluding hydrogens is 488 g/mol. The monoisotopic (exact) mass is 508 g/mol. The minimum Gasteiger partial charge on any atom is -0.0888 e. The minimum atomic E-state index is 0.602. The Hall–Kier alpha value is 1.92. The van der Waals surface area contributed by atoms with Crippen molar-refractivity contribution in [3.05, 3.63) is 0 Å². The lowest BCUT2D eigenvalue weighted by Gasteiger charge is -2.27. The summed E-state index contributed by atoms with van der Waals surface area (Å²) in [4.78, 5) is 2.54. The van der Waals surface area contributed by atoms with Crippen LogP contribution in [0.25, 0.3) is 0 Å². The smallest absolute Gasteiger partial charge is 0.0271 e. The fourth-order valence-electron chi connectivity index (χ4n) is 2.46. The molecule has 0 aliphatic heterocycles. The van der Waals surface area contributed by atoms with Gasteiger partial charge in [-0.2, -0.15) is 0 Å². The van der Waals surface area contributed by atoms with Crippen LogP contribution in [0.2, 0.25) is 0 Å². The Labute approximate surface area is 146 Å². The Morgan fingerprint density at radius 2 is 0.778 bits per heavy atom. The lowest BCUT2D eigenvalue weighted by Crippen LogP contribution is -2.23. The highest BCUT2D eigenvalue weighted by molar-refractivity contribution is 9.12. The van der Waals surface area contributed by atoms with Gasteiger partial charge in [0.1, 0.15) is 0 Å². The average Bonchev–Trinajstić information content (AvgIpc) is 2.36. The van der Waals surface area contributed by atoms with E-state index in [1.165, 1.54) is 38.5 Å². The molecule has 108 valence electrons. The number of alkyl halides is 4. The van der Waals surface area contributed by atoms with Gasteiger partial charge in [0, 0.05) is 19.3 Å². The van der Waals surface area contributed by atoms with Gasteiger partial charge in [-0.3, -0.25) is 0 Å². The largest absolute Gasteiger partial charge is 0.0888 e. The van der Waals surface area contributed by atoms with E-state index in [1.807, 2.05) is 0 Å². The molecule has 0 radical (unpaired) electrons. The van der Waals surface area contributed by atoms with Gasteiger partial charge >= 0.3 is 0 Å². The lowest BCUT2D eigenvalue weighted by atomic mass is 9.90. The quantitative estimate of drug-likeness (QED) is 0.319. The van der Waals surface area contributed by atoms with E-state index < -0.39 is 0 Å². The van der Waals surface area contributed by atoms with E-state index in [9.17, 15) is 0 Å². The predicted octanol–water partition coefficient (Wildman–Crippen LogP) is 6.67. The molecule has 0 N–H and O–H groups in total. The van der Waals surface area contributed by atoms with Gasteiger partial charge in [-0.25, -0.2) is 0 Å². The van der Waals surface area contributed by atoms with E-state index >= 15 is 0 Å². The third-order valence-electron chi connectivity index (χ3n) is 4.14. The summed E-state index contributed by atoms with van der Waals surface area (Å²) in [7, 11) is 0. The first-order valence-corrected chi connectivity index (χ1v) is 10.6. The van der Waals surface area contributed by atoms with Crippen molar-refractivity contribution in [3.8, 4) is 0 Å². The molecule has 0 aromatic carbocycles. The summed E-state index contributed by atoms with van der Waals surface area (Å²) in [6.07, 6.45) is 7.71. The summed E-state index contributed by atoms with van der Waals surface area (Å²) in [5.41, 5.74) is 0. The van der Waals surface area contributed by atoms with Crippen LogP contribution in [0, 0.1) is 11.8 Å². The zero-order chi connectivity index (χ0) is 13.7. The van der Waals surface area contributed by atoms with Gasteiger partial charge in [0.15, 0.2) is 0 Å². The summed E-state index contributed by atoms with van der Waals surface area (Å²) in [5.74, 6) is 1.54. The van der Waals surface area contributed by atoms with E-state index in [4.69, 9.17) is 0 Å². The highest BCUT2D eigenvalue weighted by atomic mass is 79.9. The second-order valence-electron chi connectivity index (χ2n) is 5.75. The number of hydrogen-bond acceptors (Lipinski definition) is 0. The molecule has 0 saturated heterocycles. The molecule has 1 rings (SSSR count). The van der Waals surface area contributed by atoms with Crippen molar-refractivity contribution in [1.82, 2.24) is 0 Å². The molecule has 0 aromatic rings. The summed E-state index contributed by atoms with van der Waals surface area (Å²) in [6.45, 7) is 4.76. The maximum absolute atomic E-state index is 3.88. The summed E-state index contributed by atoms with van der Waals surface area (Å²) in [6, 6.07) is 0. The zero-order valence-corrected chi connectivity index (χ0v) is 17.6. The van der Waals surface area contributed by atoms with Gasteiger partial charge in [-0.1, -0.05) is 77.6 Å². The van der Waals surface area contributed by atoms with Gasteiger partial charge in [0.05, 0.1) is 0 Å². The van der Waals surface area contributed by atoms with Crippen molar-refractivity contribution in [3.63, 3.8) is 0 Å². The fourth-order valence-corrected chi connectivity index (χ4v) is 4.57. The summed E-state index contributed by atoms with van der Waals surface area (Å²) in [5, 5.41) is 0. The van der Waals surface area contributed by atoms with Crippen molar-refractivity contribution in [1.29, 1.82) is 0 Å². The molecule has 0 spiro atoms. The van der Waals surface area contributed by atoms with E-state index in [1.54, 1.807) is 0 Å². The number of halogens is 4. The normalized spacial score (nSPS) is 45.0. The molecule has 0 aromatic heterocycles. The van der Waals surface area contributed by atoms with Crippen LogP contribution in [0.5, 0.6) is 0 Å². The molecule has 6 atom stereocenters. The van der Waals surface area contributed by atoms with Gasteiger partial charge < -0.3 is 0 Å². The second kappa shape index (κ2) is 9.04. The Balaban J connectivity index is 2.61. The van der Waals surface area contributed by atoms with Crippen LogP contribution in [0.15, 0.2) is 0 Å². The Morgan fingerprint density at radius 3 is 1.22 bits per heavy atom. The van der Waals surface area contributed by atoms with Gasteiger partial charge in [-0.05, 0) is 50.4 Å². The van der Waals surface area contributed by atoms with Crippen molar-refractivity contribution in [2.45, 2.75) is 71.7 Å². The molecule has 1 aliphatic rings. The maximum atomic E-state index is 3.88. The molecule has 1 aliphatic carbocycles. The van der Waals surface area contributed by atoms with Crippen molar-refractivity contribution in [2.75, 3.05) is 0 Å². The molecule has 0 amide bonds. The van der Waals surface area contributed by atoms with Gasteiger partial charge in [0.25, 0.3) is 0 Å². The SMILES string of the molecule is CC1CCC(Br)C(Br)CCC(Br)C(C)CCC1Br. The number of rotatable bonds is 0. The van der Waals surface area contributed by atoms with Crippen LogP contribution in [-0.4, -0.2) is 19.3 Å². The topological polar surface area (TPSA) is 0 Å².